The van der Waals surface area contributed by atoms with Crippen molar-refractivity contribution in [3.63, 3.8) is 0 Å². The average molecular weight is 418 g/mol. The molecule has 0 atom stereocenters. The zero-order chi connectivity index (χ0) is 21.6. The van der Waals surface area contributed by atoms with Crippen molar-refractivity contribution in [2.45, 2.75) is 12.7 Å². The summed E-state index contributed by atoms with van der Waals surface area (Å²) in [6.07, 6.45) is -4.38. The number of nitriles is 1. The van der Waals surface area contributed by atoms with E-state index in [4.69, 9.17) is 10.00 Å². The summed E-state index contributed by atoms with van der Waals surface area (Å²) in [5, 5.41) is 11.4. The molecule has 9 heteroatoms. The maximum absolute atomic E-state index is 12.9. The molecule has 6 nitrogen and oxygen atoms in total. The summed E-state index contributed by atoms with van der Waals surface area (Å²) < 4.78 is 44.0. The third-order valence-electron chi connectivity index (χ3n) is 4.75. The van der Waals surface area contributed by atoms with E-state index >= 15 is 0 Å². The Morgan fingerprint density at radius 3 is 2.53 bits per heavy atom. The number of alkyl halides is 3. The smallest absolute Gasteiger partial charge is 0.416 e. The number of halogens is 3. The van der Waals surface area contributed by atoms with Crippen LogP contribution in [0.15, 0.2) is 48.5 Å². The van der Waals surface area contributed by atoms with Crippen LogP contribution < -0.4 is 15.0 Å². The van der Waals surface area contributed by atoms with Gasteiger partial charge in [-0.15, -0.1) is 0 Å². The van der Waals surface area contributed by atoms with Gasteiger partial charge in [0.25, 0.3) is 0 Å². The normalized spacial score (nSPS) is 14.2. The number of nitrogens with one attached hydrogen (secondary N) is 1. The molecule has 2 amide bonds. The lowest BCUT2D eigenvalue weighted by Gasteiger charge is -2.36. The number of carbonyl (C=O) groups excluding carboxylic acids is 1. The van der Waals surface area contributed by atoms with Crippen LogP contribution in [0.1, 0.15) is 11.1 Å². The molecular weight excluding hydrogens is 397 g/mol. The summed E-state index contributed by atoms with van der Waals surface area (Å²) in [6.45, 7) is 1.97. The molecule has 158 valence electrons. The van der Waals surface area contributed by atoms with Crippen molar-refractivity contribution in [1.29, 1.82) is 5.26 Å². The second-order valence-corrected chi connectivity index (χ2v) is 6.78. The second kappa shape index (κ2) is 9.39. The monoisotopic (exact) mass is 418 g/mol. The predicted octanol–water partition coefficient (Wildman–Crippen LogP) is 3.64. The van der Waals surface area contributed by atoms with Crippen LogP contribution in [0.4, 0.5) is 23.7 Å². The van der Waals surface area contributed by atoms with E-state index in [9.17, 15) is 18.0 Å². The van der Waals surface area contributed by atoms with E-state index in [1.807, 2.05) is 17.0 Å². The van der Waals surface area contributed by atoms with E-state index in [2.05, 4.69) is 5.32 Å². The quantitative estimate of drug-likeness (QED) is 0.805. The summed E-state index contributed by atoms with van der Waals surface area (Å²) >= 11 is 0. The molecule has 0 spiro atoms. The number of amides is 2. The highest BCUT2D eigenvalue weighted by molar-refractivity contribution is 5.74. The van der Waals surface area contributed by atoms with Crippen LogP contribution in [-0.4, -0.2) is 43.7 Å². The summed E-state index contributed by atoms with van der Waals surface area (Å²) in [4.78, 5) is 15.9. The van der Waals surface area contributed by atoms with Crippen molar-refractivity contribution >= 4 is 11.7 Å². The number of rotatable bonds is 5. The minimum atomic E-state index is -4.38. The first-order valence-electron chi connectivity index (χ1n) is 9.40. The summed E-state index contributed by atoms with van der Waals surface area (Å²) in [5.41, 5.74) is 0.654. The van der Waals surface area contributed by atoms with E-state index in [-0.39, 0.29) is 12.6 Å². The number of hydrogen-bond acceptors (Lipinski definition) is 4. The molecule has 0 radical (unpaired) electrons. The summed E-state index contributed by atoms with van der Waals surface area (Å²) in [7, 11) is 0. The number of piperazine rings is 1. The molecule has 1 fully saturated rings. The van der Waals surface area contributed by atoms with Gasteiger partial charge < -0.3 is 19.9 Å². The maximum Gasteiger partial charge on any atom is 0.416 e. The molecule has 30 heavy (non-hydrogen) atoms. The fraction of sp³-hybridized carbons (Fsp3) is 0.333. The van der Waals surface area contributed by atoms with Crippen LogP contribution in [-0.2, 0) is 12.7 Å². The molecule has 0 bridgehead atoms. The van der Waals surface area contributed by atoms with Crippen LogP contribution in [0.2, 0.25) is 0 Å². The number of ether oxygens (including phenoxy) is 1. The molecule has 1 aliphatic heterocycles. The Labute approximate surface area is 172 Å². The van der Waals surface area contributed by atoms with Gasteiger partial charge in [0.05, 0.1) is 5.56 Å². The van der Waals surface area contributed by atoms with Crippen molar-refractivity contribution in [2.24, 2.45) is 0 Å². The summed E-state index contributed by atoms with van der Waals surface area (Å²) in [6, 6.07) is 14.0. The number of hydrogen-bond donors (Lipinski definition) is 1. The van der Waals surface area contributed by atoms with Crippen LogP contribution in [0.5, 0.6) is 5.75 Å². The Morgan fingerprint density at radius 2 is 1.83 bits per heavy atom. The van der Waals surface area contributed by atoms with E-state index in [0.29, 0.717) is 44.2 Å². The Morgan fingerprint density at radius 1 is 1.10 bits per heavy atom. The second-order valence-electron chi connectivity index (χ2n) is 6.78. The van der Waals surface area contributed by atoms with Gasteiger partial charge in [0, 0.05) is 38.4 Å². The Bertz CT molecular complexity index is 919. The van der Waals surface area contributed by atoms with Gasteiger partial charge in [-0.25, -0.2) is 4.79 Å². The minimum absolute atomic E-state index is 0.0496. The van der Waals surface area contributed by atoms with Crippen LogP contribution >= 0.6 is 0 Å². The first-order valence-corrected chi connectivity index (χ1v) is 9.40. The van der Waals surface area contributed by atoms with Gasteiger partial charge in [0.1, 0.15) is 11.8 Å². The van der Waals surface area contributed by atoms with E-state index in [1.165, 1.54) is 6.07 Å². The van der Waals surface area contributed by atoms with Gasteiger partial charge in [0.2, 0.25) is 0 Å². The fourth-order valence-electron chi connectivity index (χ4n) is 3.20. The lowest BCUT2D eigenvalue weighted by Crippen LogP contribution is -2.51. The number of nitrogens with zero attached hydrogens (tertiary/aromatic N) is 3. The first kappa shape index (κ1) is 21.3. The molecular formula is C21H21F3N4O2. The molecule has 0 saturated carbocycles. The van der Waals surface area contributed by atoms with Crippen molar-refractivity contribution in [3.05, 3.63) is 59.7 Å². The molecule has 1 saturated heterocycles. The largest absolute Gasteiger partial charge is 0.479 e. The van der Waals surface area contributed by atoms with Gasteiger partial charge in [-0.1, -0.05) is 18.2 Å². The molecule has 1 aliphatic rings. The van der Waals surface area contributed by atoms with E-state index in [1.54, 1.807) is 29.2 Å². The van der Waals surface area contributed by atoms with Crippen molar-refractivity contribution < 1.29 is 22.7 Å². The number of benzene rings is 2. The van der Waals surface area contributed by atoms with Gasteiger partial charge >= 0.3 is 12.2 Å². The Kier molecular flexibility index (Phi) is 6.67. The van der Waals surface area contributed by atoms with Gasteiger partial charge in [-0.05, 0) is 35.9 Å². The van der Waals surface area contributed by atoms with Crippen LogP contribution in [0.25, 0.3) is 0 Å². The Balaban J connectivity index is 1.51. The third kappa shape index (κ3) is 5.56. The predicted molar refractivity (Wildman–Crippen MR) is 105 cm³/mol. The average Bonchev–Trinajstić information content (AvgIpc) is 2.76. The topological polar surface area (TPSA) is 68.6 Å². The molecule has 0 aliphatic carbocycles. The highest BCUT2D eigenvalue weighted by Crippen LogP contribution is 2.31. The number of urea groups is 1. The molecule has 1 heterocycles. The standard InChI is InChI=1S/C21H21F3N4O2/c22-21(23,24)17-4-2-5-18(14-17)27-8-10-28(11-9-27)20(29)26-15-16-3-1-6-19(13-16)30-12-7-25/h1-6,13-14H,8-12,15H2,(H,26,29). The van der Waals surface area contributed by atoms with Gasteiger partial charge in [-0.2, -0.15) is 18.4 Å². The highest BCUT2D eigenvalue weighted by atomic mass is 19.4. The molecule has 3 rings (SSSR count). The third-order valence-corrected chi connectivity index (χ3v) is 4.75. The molecule has 0 aromatic heterocycles. The number of carbonyl (C=O) groups is 1. The van der Waals surface area contributed by atoms with Crippen LogP contribution in [0.3, 0.4) is 0 Å². The lowest BCUT2D eigenvalue weighted by molar-refractivity contribution is -0.137. The van der Waals surface area contributed by atoms with Crippen molar-refractivity contribution in [3.8, 4) is 11.8 Å². The SMILES string of the molecule is N#CCOc1cccc(CNC(=O)N2CCN(c3cccc(C(F)(F)F)c3)CC2)c1. The fourth-order valence-corrected chi connectivity index (χ4v) is 3.20. The highest BCUT2D eigenvalue weighted by Gasteiger charge is 2.31. The summed E-state index contributed by atoms with van der Waals surface area (Å²) in [5.74, 6) is 0.554. The van der Waals surface area contributed by atoms with Crippen molar-refractivity contribution in [1.82, 2.24) is 10.2 Å². The maximum atomic E-state index is 12.9. The van der Waals surface area contributed by atoms with E-state index < -0.39 is 11.7 Å². The first-order chi connectivity index (χ1) is 14.4. The zero-order valence-electron chi connectivity index (χ0n) is 16.2. The van der Waals surface area contributed by atoms with Gasteiger partial charge in [-0.3, -0.25) is 0 Å². The lowest BCUT2D eigenvalue weighted by atomic mass is 10.1. The number of anilines is 1. The minimum Gasteiger partial charge on any atom is -0.479 e. The molecule has 2 aromatic carbocycles. The molecule has 1 N–H and O–H groups in total. The van der Waals surface area contributed by atoms with Crippen molar-refractivity contribution in [2.75, 3.05) is 37.7 Å². The van der Waals surface area contributed by atoms with E-state index in [0.717, 1.165) is 17.7 Å². The molecule has 2 aromatic rings. The molecule has 0 unspecified atom stereocenters. The zero-order valence-corrected chi connectivity index (χ0v) is 16.2. The van der Waals surface area contributed by atoms with Gasteiger partial charge in [0.15, 0.2) is 6.61 Å². The Hall–Kier alpha value is -3.41. The van der Waals surface area contributed by atoms with Crippen LogP contribution in [0, 0.1) is 11.3 Å².